The molecular formula is C28H34N4O3. The van der Waals surface area contributed by atoms with Crippen molar-refractivity contribution in [2.45, 2.75) is 77.7 Å². The van der Waals surface area contributed by atoms with Crippen molar-refractivity contribution < 1.29 is 14.7 Å². The average molecular weight is 475 g/mol. The minimum absolute atomic E-state index is 0.0411. The highest BCUT2D eigenvalue weighted by Crippen LogP contribution is 2.28. The maximum absolute atomic E-state index is 13.0. The number of nitrogens with zero attached hydrogens (tertiary/aromatic N) is 4. The summed E-state index contributed by atoms with van der Waals surface area (Å²) in [5, 5.41) is 14.2. The summed E-state index contributed by atoms with van der Waals surface area (Å²) < 4.78 is 1.87. The molecule has 184 valence electrons. The predicted molar refractivity (Wildman–Crippen MR) is 135 cm³/mol. The molecule has 0 aliphatic heterocycles. The Morgan fingerprint density at radius 2 is 1.89 bits per heavy atom. The zero-order chi connectivity index (χ0) is 24.8. The molecule has 0 bridgehead atoms. The average Bonchev–Trinajstić information content (AvgIpc) is 3.32. The summed E-state index contributed by atoms with van der Waals surface area (Å²) in [6, 6.07) is 10.5. The summed E-state index contributed by atoms with van der Waals surface area (Å²) in [4.78, 5) is 33.8. The van der Waals surface area contributed by atoms with Gasteiger partial charge in [-0.1, -0.05) is 69.7 Å². The summed E-state index contributed by atoms with van der Waals surface area (Å²) in [7, 11) is 0. The van der Waals surface area contributed by atoms with Gasteiger partial charge in [0.15, 0.2) is 0 Å². The molecule has 7 heteroatoms. The molecule has 0 saturated heterocycles. The molecule has 4 rings (SSSR count). The first-order chi connectivity index (χ1) is 17.0. The number of aryl methyl sites for hydroxylation is 1. The first kappa shape index (κ1) is 24.8. The van der Waals surface area contributed by atoms with E-state index in [1.165, 1.54) is 19.3 Å². The van der Waals surface area contributed by atoms with Crippen LogP contribution in [0.25, 0.3) is 11.3 Å². The van der Waals surface area contributed by atoms with Crippen LogP contribution < -0.4 is 0 Å². The fraction of sp³-hybridized carbons (Fsp3) is 0.464. The van der Waals surface area contributed by atoms with E-state index in [0.29, 0.717) is 29.4 Å². The Balaban J connectivity index is 1.57. The lowest BCUT2D eigenvalue weighted by atomic mass is 9.86. The maximum Gasteiger partial charge on any atom is 0.336 e. The summed E-state index contributed by atoms with van der Waals surface area (Å²) >= 11 is 0. The number of carbonyl (C=O) groups excluding carboxylic acids is 1. The van der Waals surface area contributed by atoms with Crippen molar-refractivity contribution >= 4 is 11.8 Å². The van der Waals surface area contributed by atoms with E-state index in [1.807, 2.05) is 23.7 Å². The second-order valence-corrected chi connectivity index (χ2v) is 9.53. The number of rotatable bonds is 10. The highest BCUT2D eigenvalue weighted by Gasteiger charge is 2.24. The molecule has 1 N–H and O–H groups in total. The summed E-state index contributed by atoms with van der Waals surface area (Å²) in [6.07, 6.45) is 11.0. The van der Waals surface area contributed by atoms with Crippen molar-refractivity contribution in [3.63, 3.8) is 0 Å². The Hall–Kier alpha value is -3.35. The first-order valence-corrected chi connectivity index (χ1v) is 12.7. The number of ketones is 1. The summed E-state index contributed by atoms with van der Waals surface area (Å²) in [5.41, 5.74) is 2.34. The van der Waals surface area contributed by atoms with E-state index in [0.717, 1.165) is 43.5 Å². The van der Waals surface area contributed by atoms with E-state index in [9.17, 15) is 14.7 Å². The largest absolute Gasteiger partial charge is 0.478 e. The van der Waals surface area contributed by atoms with Crippen molar-refractivity contribution in [2.24, 2.45) is 5.92 Å². The molecule has 2 heterocycles. The molecule has 1 aromatic carbocycles. The van der Waals surface area contributed by atoms with Gasteiger partial charge in [0.25, 0.3) is 0 Å². The minimum Gasteiger partial charge on any atom is -0.478 e. The van der Waals surface area contributed by atoms with Gasteiger partial charge in [0.05, 0.1) is 17.3 Å². The smallest absolute Gasteiger partial charge is 0.336 e. The van der Waals surface area contributed by atoms with Crippen LogP contribution in [-0.4, -0.2) is 36.6 Å². The van der Waals surface area contributed by atoms with Gasteiger partial charge in [-0.15, -0.1) is 5.10 Å². The number of carbonyl (C=O) groups is 2. The van der Waals surface area contributed by atoms with E-state index in [4.69, 9.17) is 0 Å². The molecule has 7 nitrogen and oxygen atoms in total. The maximum atomic E-state index is 13.0. The third kappa shape index (κ3) is 5.84. The Labute approximate surface area is 206 Å². The van der Waals surface area contributed by atoms with Gasteiger partial charge >= 0.3 is 5.97 Å². The van der Waals surface area contributed by atoms with Gasteiger partial charge in [0, 0.05) is 24.6 Å². The van der Waals surface area contributed by atoms with Crippen molar-refractivity contribution in [3.05, 3.63) is 65.4 Å². The van der Waals surface area contributed by atoms with Crippen LogP contribution in [0.1, 0.15) is 104 Å². The molecule has 0 radical (unpaired) electrons. The van der Waals surface area contributed by atoms with Gasteiger partial charge in [-0.05, 0) is 37.0 Å². The number of carboxylic acid groups (broad SMARTS) is 1. The van der Waals surface area contributed by atoms with Crippen molar-refractivity contribution in [2.75, 3.05) is 0 Å². The van der Waals surface area contributed by atoms with Crippen LogP contribution in [0.5, 0.6) is 0 Å². The number of aromatic nitrogens is 4. The zero-order valence-corrected chi connectivity index (χ0v) is 20.6. The Bertz CT molecular complexity index is 1160. The molecule has 35 heavy (non-hydrogen) atoms. The van der Waals surface area contributed by atoms with Crippen molar-refractivity contribution in [1.82, 2.24) is 19.7 Å². The van der Waals surface area contributed by atoms with Crippen LogP contribution in [0.15, 0.2) is 42.6 Å². The number of benzene rings is 1. The first-order valence-electron chi connectivity index (χ1n) is 12.7. The van der Waals surface area contributed by atoms with Gasteiger partial charge in [0.1, 0.15) is 5.82 Å². The monoisotopic (exact) mass is 474 g/mol. The number of unbranched alkanes of at least 4 members (excludes halogenated alkanes) is 1. The molecule has 1 atom stereocenters. The van der Waals surface area contributed by atoms with Crippen LogP contribution in [0, 0.1) is 5.92 Å². The van der Waals surface area contributed by atoms with Gasteiger partial charge in [-0.2, -0.15) is 0 Å². The van der Waals surface area contributed by atoms with Gasteiger partial charge in [-0.3, -0.25) is 9.78 Å². The molecule has 1 saturated carbocycles. The normalized spacial score (nSPS) is 15.1. The zero-order valence-electron chi connectivity index (χ0n) is 20.6. The van der Waals surface area contributed by atoms with Gasteiger partial charge in [-0.25, -0.2) is 14.5 Å². The Morgan fingerprint density at radius 1 is 1.11 bits per heavy atom. The van der Waals surface area contributed by atoms with Crippen molar-refractivity contribution in [3.8, 4) is 11.3 Å². The Kier molecular flexibility index (Phi) is 8.06. The SMILES string of the molecule is CCCCc1nc(C(=O)CC2CCCCC2)nn1C(C)c1ccc(-c2ccccc2C(=O)O)nc1. The fourth-order valence-corrected chi connectivity index (χ4v) is 4.88. The number of pyridine rings is 1. The molecule has 1 aliphatic carbocycles. The quantitative estimate of drug-likeness (QED) is 0.354. The molecule has 1 fully saturated rings. The van der Waals surface area contributed by atoms with E-state index in [1.54, 1.807) is 30.5 Å². The standard InChI is InChI=1S/C28H34N4O3/c1-3-4-14-26-30-27(25(33)17-20-10-6-5-7-11-20)31-32(26)19(2)21-15-16-24(29-18-21)22-12-8-9-13-23(22)28(34)35/h8-9,12-13,15-16,18-20H,3-7,10-11,14,17H2,1-2H3,(H,34,35). The highest BCUT2D eigenvalue weighted by molar-refractivity contribution is 5.95. The highest BCUT2D eigenvalue weighted by atomic mass is 16.4. The second-order valence-electron chi connectivity index (χ2n) is 9.53. The number of Topliss-reactive ketones (excluding diaryl/α,β-unsaturated/α-hetero) is 1. The number of aromatic carboxylic acids is 1. The third-order valence-corrected chi connectivity index (χ3v) is 6.97. The van der Waals surface area contributed by atoms with Crippen LogP contribution in [0.4, 0.5) is 0 Å². The molecule has 1 unspecified atom stereocenters. The van der Waals surface area contributed by atoms with Crippen molar-refractivity contribution in [1.29, 1.82) is 0 Å². The molecular weight excluding hydrogens is 440 g/mol. The third-order valence-electron chi connectivity index (χ3n) is 6.97. The Morgan fingerprint density at radius 3 is 2.57 bits per heavy atom. The number of hydrogen-bond donors (Lipinski definition) is 1. The van der Waals surface area contributed by atoms with E-state index >= 15 is 0 Å². The molecule has 1 aliphatic rings. The second kappa shape index (κ2) is 11.4. The fourth-order valence-electron chi connectivity index (χ4n) is 4.88. The topological polar surface area (TPSA) is 98.0 Å². The molecule has 2 aromatic heterocycles. The van der Waals surface area contributed by atoms with E-state index in [2.05, 4.69) is 22.0 Å². The van der Waals surface area contributed by atoms with E-state index in [-0.39, 0.29) is 17.4 Å². The number of hydrogen-bond acceptors (Lipinski definition) is 5. The summed E-state index contributed by atoms with van der Waals surface area (Å²) in [6.45, 7) is 4.16. The van der Waals surface area contributed by atoms with Crippen LogP contribution in [0.3, 0.4) is 0 Å². The van der Waals surface area contributed by atoms with Crippen LogP contribution in [-0.2, 0) is 6.42 Å². The molecule has 0 spiro atoms. The van der Waals surface area contributed by atoms with Gasteiger partial charge in [0.2, 0.25) is 11.6 Å². The lowest BCUT2D eigenvalue weighted by Gasteiger charge is -2.19. The predicted octanol–water partition coefficient (Wildman–Crippen LogP) is 6.14. The van der Waals surface area contributed by atoms with E-state index < -0.39 is 5.97 Å². The molecule has 3 aromatic rings. The summed E-state index contributed by atoms with van der Waals surface area (Å²) in [5.74, 6) is 0.665. The van der Waals surface area contributed by atoms with Crippen LogP contribution >= 0.6 is 0 Å². The van der Waals surface area contributed by atoms with Gasteiger partial charge < -0.3 is 5.11 Å². The number of carboxylic acids is 1. The molecule has 0 amide bonds. The lowest BCUT2D eigenvalue weighted by molar-refractivity contribution is 0.0697. The van der Waals surface area contributed by atoms with Crippen LogP contribution in [0.2, 0.25) is 0 Å². The lowest BCUT2D eigenvalue weighted by Crippen LogP contribution is -2.15. The minimum atomic E-state index is -0.978.